The third-order valence-corrected chi connectivity index (χ3v) is 3.45. The van der Waals surface area contributed by atoms with Crippen molar-refractivity contribution in [1.29, 1.82) is 0 Å². The maximum atomic E-state index is 11.6. The van der Waals surface area contributed by atoms with Gasteiger partial charge in [-0.25, -0.2) is 0 Å². The molecule has 1 aromatic carbocycles. The number of aliphatic hydroxyl groups is 1. The van der Waals surface area contributed by atoms with E-state index in [0.29, 0.717) is 11.1 Å². The Morgan fingerprint density at radius 2 is 1.78 bits per heavy atom. The van der Waals surface area contributed by atoms with Gasteiger partial charge in [0.1, 0.15) is 0 Å². The van der Waals surface area contributed by atoms with Crippen molar-refractivity contribution in [3.05, 3.63) is 62.9 Å². The lowest BCUT2D eigenvalue weighted by Gasteiger charge is -2.14. The van der Waals surface area contributed by atoms with Crippen LogP contribution in [0, 0.1) is 0 Å². The molecule has 2 nitrogen and oxygen atoms in total. The van der Waals surface area contributed by atoms with Crippen LogP contribution in [0.1, 0.15) is 19.4 Å². The number of halogens is 1. The van der Waals surface area contributed by atoms with Crippen molar-refractivity contribution in [3.63, 3.8) is 0 Å². The molecule has 0 amide bonds. The molecule has 0 bridgehead atoms. The summed E-state index contributed by atoms with van der Waals surface area (Å²) in [7, 11) is 0. The lowest BCUT2D eigenvalue weighted by Crippen LogP contribution is -2.11. The lowest BCUT2D eigenvalue weighted by atomic mass is 9.92. The van der Waals surface area contributed by atoms with Gasteiger partial charge in [0.2, 0.25) is 5.78 Å². The molecule has 18 heavy (non-hydrogen) atoms. The summed E-state index contributed by atoms with van der Waals surface area (Å²) in [5.41, 5.74) is 3.07. The highest BCUT2D eigenvalue weighted by molar-refractivity contribution is 9.10. The summed E-state index contributed by atoms with van der Waals surface area (Å²) in [4.78, 5) is 11.6. The van der Waals surface area contributed by atoms with Gasteiger partial charge in [-0.1, -0.05) is 28.1 Å². The lowest BCUT2D eigenvalue weighted by molar-refractivity contribution is -0.114. The van der Waals surface area contributed by atoms with Crippen molar-refractivity contribution in [2.45, 2.75) is 13.8 Å². The summed E-state index contributed by atoms with van der Waals surface area (Å²) < 4.78 is 1.02. The number of carbonyl (C=O) groups is 1. The third kappa shape index (κ3) is 2.46. The van der Waals surface area contributed by atoms with Crippen molar-refractivity contribution in [1.82, 2.24) is 0 Å². The summed E-state index contributed by atoms with van der Waals surface area (Å²) >= 11 is 3.38. The van der Waals surface area contributed by atoms with Crippen LogP contribution < -0.4 is 0 Å². The molecule has 0 saturated heterocycles. The van der Waals surface area contributed by atoms with Gasteiger partial charge < -0.3 is 5.11 Å². The first-order valence-electron chi connectivity index (χ1n) is 5.59. The zero-order chi connectivity index (χ0) is 13.3. The number of hydrogen-bond donors (Lipinski definition) is 1. The Balaban J connectivity index is 2.45. The van der Waals surface area contributed by atoms with Crippen molar-refractivity contribution >= 4 is 27.8 Å². The minimum absolute atomic E-state index is 0.154. The first kappa shape index (κ1) is 12.8. The van der Waals surface area contributed by atoms with Crippen molar-refractivity contribution in [3.8, 4) is 0 Å². The molecule has 0 heterocycles. The van der Waals surface area contributed by atoms with Crippen LogP contribution in [-0.2, 0) is 4.79 Å². The van der Waals surface area contributed by atoms with E-state index in [4.69, 9.17) is 0 Å². The summed E-state index contributed by atoms with van der Waals surface area (Å²) in [6, 6.07) is 7.85. The van der Waals surface area contributed by atoms with Crippen LogP contribution in [0.4, 0.5) is 0 Å². The highest BCUT2D eigenvalue weighted by Gasteiger charge is 2.20. The Bertz CT molecular complexity index is 589. The Hall–Kier alpha value is -1.61. The minimum atomic E-state index is -0.291. The van der Waals surface area contributed by atoms with Gasteiger partial charge in [0.15, 0.2) is 5.76 Å². The van der Waals surface area contributed by atoms with Crippen LogP contribution in [0.3, 0.4) is 0 Å². The normalized spacial score (nSPS) is 18.3. The van der Waals surface area contributed by atoms with Gasteiger partial charge in [-0.05, 0) is 49.3 Å². The number of benzene rings is 1. The molecule has 1 aliphatic carbocycles. The van der Waals surface area contributed by atoms with E-state index < -0.39 is 0 Å². The van der Waals surface area contributed by atoms with Crippen LogP contribution in [0.5, 0.6) is 0 Å². The molecule has 92 valence electrons. The van der Waals surface area contributed by atoms with E-state index in [1.807, 2.05) is 30.3 Å². The van der Waals surface area contributed by atoms with Crippen molar-refractivity contribution in [2.75, 3.05) is 0 Å². The van der Waals surface area contributed by atoms with E-state index >= 15 is 0 Å². The number of allylic oxidation sites excluding steroid dienone is 4. The smallest absolute Gasteiger partial charge is 0.223 e. The van der Waals surface area contributed by atoms with Crippen LogP contribution in [0.25, 0.3) is 6.08 Å². The molecule has 0 aromatic heterocycles. The second-order valence-electron chi connectivity index (χ2n) is 4.28. The highest BCUT2D eigenvalue weighted by atomic mass is 79.9. The first-order chi connectivity index (χ1) is 8.49. The Labute approximate surface area is 114 Å². The van der Waals surface area contributed by atoms with E-state index in [2.05, 4.69) is 15.9 Å². The molecule has 0 atom stereocenters. The molecule has 0 radical (unpaired) electrons. The summed E-state index contributed by atoms with van der Waals surface area (Å²) in [5, 5.41) is 9.75. The second kappa shape index (κ2) is 4.94. The predicted octanol–water partition coefficient (Wildman–Crippen LogP) is 4.19. The van der Waals surface area contributed by atoms with E-state index in [-0.39, 0.29) is 11.5 Å². The van der Waals surface area contributed by atoms with E-state index in [1.165, 1.54) is 0 Å². The van der Waals surface area contributed by atoms with Gasteiger partial charge in [-0.2, -0.15) is 0 Å². The second-order valence-corrected chi connectivity index (χ2v) is 5.20. The van der Waals surface area contributed by atoms with Crippen molar-refractivity contribution < 1.29 is 9.90 Å². The van der Waals surface area contributed by atoms with Crippen LogP contribution in [-0.4, -0.2) is 10.9 Å². The average Bonchev–Trinajstić information content (AvgIpc) is 2.36. The number of Topliss-reactive ketones (excluding diaryl/α,β-unsaturated/α-hetero) is 1. The zero-order valence-corrected chi connectivity index (χ0v) is 11.8. The summed E-state index contributed by atoms with van der Waals surface area (Å²) in [6.07, 6.45) is 3.76. The maximum absolute atomic E-state index is 11.6. The Morgan fingerprint density at radius 1 is 1.17 bits per heavy atom. The molecule has 1 aromatic rings. The van der Waals surface area contributed by atoms with Crippen LogP contribution in [0.15, 0.2) is 57.3 Å². The van der Waals surface area contributed by atoms with Gasteiger partial charge in [0.25, 0.3) is 0 Å². The molecule has 1 aliphatic rings. The molecular formula is C15H13BrO2. The first-order valence-corrected chi connectivity index (χ1v) is 6.39. The number of rotatable bonds is 1. The monoisotopic (exact) mass is 304 g/mol. The third-order valence-electron chi connectivity index (χ3n) is 2.93. The maximum Gasteiger partial charge on any atom is 0.223 e. The van der Waals surface area contributed by atoms with Gasteiger partial charge in [0.05, 0.1) is 0 Å². The summed E-state index contributed by atoms with van der Waals surface area (Å²) in [6.45, 7) is 3.46. The van der Waals surface area contributed by atoms with Crippen LogP contribution in [0.2, 0.25) is 0 Å². The molecule has 0 unspecified atom stereocenters. The topological polar surface area (TPSA) is 37.3 Å². The molecule has 0 saturated carbocycles. The number of hydrogen-bond acceptors (Lipinski definition) is 2. The van der Waals surface area contributed by atoms with Gasteiger partial charge >= 0.3 is 0 Å². The fourth-order valence-electron chi connectivity index (χ4n) is 1.79. The van der Waals surface area contributed by atoms with Gasteiger partial charge in [-0.15, -0.1) is 0 Å². The standard InChI is InChI=1S/C15H13BrO2/c1-9-7-12(10(2)15(18)14(9)17)8-11-3-5-13(16)6-4-11/h3-8,18H,1-2H3/b12-8-. The molecule has 2 rings (SSSR count). The highest BCUT2D eigenvalue weighted by Crippen LogP contribution is 2.26. The number of carbonyl (C=O) groups excluding carboxylic acids is 1. The zero-order valence-electron chi connectivity index (χ0n) is 10.2. The fourth-order valence-corrected chi connectivity index (χ4v) is 2.05. The molecule has 0 spiro atoms. The van der Waals surface area contributed by atoms with E-state index in [0.717, 1.165) is 15.6 Å². The minimum Gasteiger partial charge on any atom is -0.504 e. The molecule has 3 heteroatoms. The van der Waals surface area contributed by atoms with E-state index in [1.54, 1.807) is 19.9 Å². The number of aliphatic hydroxyl groups excluding tert-OH is 1. The average molecular weight is 305 g/mol. The number of ketones is 1. The molecule has 0 aliphatic heterocycles. The largest absolute Gasteiger partial charge is 0.504 e. The van der Waals surface area contributed by atoms with Crippen molar-refractivity contribution in [2.24, 2.45) is 0 Å². The van der Waals surface area contributed by atoms with E-state index in [9.17, 15) is 9.90 Å². The predicted molar refractivity (Wildman–Crippen MR) is 76.2 cm³/mol. The van der Waals surface area contributed by atoms with Crippen LogP contribution >= 0.6 is 15.9 Å². The fraction of sp³-hybridized carbons (Fsp3) is 0.133. The Kier molecular flexibility index (Phi) is 3.53. The summed E-state index contributed by atoms with van der Waals surface area (Å²) in [5.74, 6) is -0.446. The molecule has 0 fully saturated rings. The Morgan fingerprint density at radius 3 is 2.39 bits per heavy atom. The SMILES string of the molecule is CC1=C/C(=C/c2ccc(Br)cc2)C(C)=C(O)C1=O. The van der Waals surface area contributed by atoms with Gasteiger partial charge in [-0.3, -0.25) is 4.79 Å². The quantitative estimate of drug-likeness (QED) is 0.844. The molecule has 1 N–H and O–H groups in total. The molecular weight excluding hydrogens is 292 g/mol. The van der Waals surface area contributed by atoms with Gasteiger partial charge in [0, 0.05) is 15.6 Å².